The Morgan fingerprint density at radius 2 is 1.70 bits per heavy atom. The number of fused-ring (bicyclic) bond motifs is 2. The number of hydrogen-bond acceptors (Lipinski definition) is 5. The minimum Gasteiger partial charge on any atom is -0.491 e. The van der Waals surface area contributed by atoms with Gasteiger partial charge >= 0.3 is 0 Å². The Balaban J connectivity index is 1.30. The third-order valence-corrected chi connectivity index (χ3v) is 8.09. The quantitative estimate of drug-likeness (QED) is 0.363. The highest BCUT2D eigenvalue weighted by Crippen LogP contribution is 2.37. The van der Waals surface area contributed by atoms with Gasteiger partial charge in [0.25, 0.3) is 15.9 Å². The van der Waals surface area contributed by atoms with Crippen LogP contribution in [0.2, 0.25) is 0 Å². The number of carbonyl (C=O) groups is 1. The lowest BCUT2D eigenvalue weighted by Crippen LogP contribution is -2.51. The monoisotopic (exact) mass is 516 g/mol. The molecule has 8 heteroatoms. The zero-order valence-corrected chi connectivity index (χ0v) is 21.5. The van der Waals surface area contributed by atoms with Crippen molar-refractivity contribution in [1.29, 1.82) is 0 Å². The molecule has 1 aliphatic heterocycles. The highest BCUT2D eigenvalue weighted by molar-refractivity contribution is 7.92. The van der Waals surface area contributed by atoms with E-state index < -0.39 is 22.0 Å². The molecule has 0 saturated carbocycles. The highest BCUT2D eigenvalue weighted by atomic mass is 32.2. The van der Waals surface area contributed by atoms with Crippen LogP contribution in [0.1, 0.15) is 11.1 Å². The first-order valence-corrected chi connectivity index (χ1v) is 13.5. The zero-order valence-electron chi connectivity index (χ0n) is 20.7. The molecular formula is C29H28N2O5S. The summed E-state index contributed by atoms with van der Waals surface area (Å²) in [6.45, 7) is 4.15. The Bertz CT molecular complexity index is 1550. The van der Waals surface area contributed by atoms with Crippen molar-refractivity contribution in [2.75, 3.05) is 24.0 Å². The first kappa shape index (κ1) is 24.6. The molecule has 0 fully saturated rings. The van der Waals surface area contributed by atoms with Gasteiger partial charge in [-0.2, -0.15) is 0 Å². The van der Waals surface area contributed by atoms with Crippen molar-refractivity contribution in [3.05, 3.63) is 96.1 Å². The summed E-state index contributed by atoms with van der Waals surface area (Å²) in [6.07, 6.45) is -1.01. The minimum atomic E-state index is -3.90. The minimum absolute atomic E-state index is 0.137. The number of benzene rings is 4. The van der Waals surface area contributed by atoms with Gasteiger partial charge in [0.1, 0.15) is 18.1 Å². The van der Waals surface area contributed by atoms with E-state index in [1.165, 1.54) is 4.31 Å². The Labute approximate surface area is 216 Å². The van der Waals surface area contributed by atoms with Gasteiger partial charge in [0.15, 0.2) is 6.10 Å². The number of nitrogens with zero attached hydrogens (tertiary/aromatic N) is 1. The summed E-state index contributed by atoms with van der Waals surface area (Å²) in [7, 11) is -3.90. The summed E-state index contributed by atoms with van der Waals surface area (Å²) in [5, 5.41) is 4.89. The highest BCUT2D eigenvalue weighted by Gasteiger charge is 2.37. The van der Waals surface area contributed by atoms with Crippen LogP contribution in [0.5, 0.6) is 11.5 Å². The number of ether oxygens (including phenoxy) is 2. The zero-order chi connectivity index (χ0) is 26.0. The third kappa shape index (κ3) is 5.11. The van der Waals surface area contributed by atoms with Gasteiger partial charge < -0.3 is 14.8 Å². The van der Waals surface area contributed by atoms with Crippen molar-refractivity contribution >= 4 is 32.4 Å². The molecule has 4 aromatic rings. The maximum atomic E-state index is 13.6. The molecule has 1 aliphatic rings. The molecule has 0 radical (unpaired) electrons. The number of sulfonamides is 1. The number of hydrogen-bond donors (Lipinski definition) is 1. The SMILES string of the molecule is Cc1ccc(S(=O)(=O)N2CC(C(=O)NCCOc3cccc4ccccc34)Oc3cc(C)ccc32)cc1. The standard InChI is InChI=1S/C29H28N2O5S/c1-20-10-13-23(14-11-20)37(33,34)31-19-28(36-27-18-21(2)12-15-25(27)31)29(32)30-16-17-35-26-9-5-7-22-6-3-4-8-24(22)26/h3-15,18,28H,16-17,19H2,1-2H3,(H,30,32). The summed E-state index contributed by atoms with van der Waals surface area (Å²) in [5.74, 6) is 0.688. The van der Waals surface area contributed by atoms with Crippen LogP contribution in [-0.2, 0) is 14.8 Å². The van der Waals surface area contributed by atoms with Gasteiger partial charge in [-0.3, -0.25) is 9.10 Å². The van der Waals surface area contributed by atoms with Crippen LogP contribution in [0.4, 0.5) is 5.69 Å². The molecule has 5 rings (SSSR count). The van der Waals surface area contributed by atoms with Gasteiger partial charge in [-0.05, 0) is 55.1 Å². The van der Waals surface area contributed by atoms with Crippen molar-refractivity contribution in [2.24, 2.45) is 0 Å². The van der Waals surface area contributed by atoms with E-state index in [9.17, 15) is 13.2 Å². The van der Waals surface area contributed by atoms with Gasteiger partial charge in [0, 0.05) is 5.39 Å². The number of carbonyl (C=O) groups excluding carboxylic acids is 1. The van der Waals surface area contributed by atoms with E-state index in [1.807, 2.05) is 62.4 Å². The molecule has 0 aromatic heterocycles. The number of nitrogens with one attached hydrogen (secondary N) is 1. The second-order valence-electron chi connectivity index (χ2n) is 9.04. The fourth-order valence-corrected chi connectivity index (χ4v) is 5.81. The lowest BCUT2D eigenvalue weighted by Gasteiger charge is -2.35. The van der Waals surface area contributed by atoms with Crippen molar-refractivity contribution in [2.45, 2.75) is 24.8 Å². The summed E-state index contributed by atoms with van der Waals surface area (Å²) in [4.78, 5) is 13.2. The predicted octanol–water partition coefficient (Wildman–Crippen LogP) is 4.61. The average Bonchev–Trinajstić information content (AvgIpc) is 2.90. The van der Waals surface area contributed by atoms with Crippen LogP contribution in [0.3, 0.4) is 0 Å². The number of rotatable bonds is 7. The van der Waals surface area contributed by atoms with Crippen molar-refractivity contribution in [3.63, 3.8) is 0 Å². The molecule has 4 aromatic carbocycles. The predicted molar refractivity (Wildman–Crippen MR) is 144 cm³/mol. The molecule has 0 aliphatic carbocycles. The second-order valence-corrected chi connectivity index (χ2v) is 10.9. The van der Waals surface area contributed by atoms with Crippen LogP contribution in [-0.4, -0.2) is 40.1 Å². The van der Waals surface area contributed by atoms with Crippen LogP contribution < -0.4 is 19.1 Å². The Morgan fingerprint density at radius 1 is 0.973 bits per heavy atom. The first-order valence-electron chi connectivity index (χ1n) is 12.1. The Morgan fingerprint density at radius 3 is 2.51 bits per heavy atom. The fourth-order valence-electron chi connectivity index (χ4n) is 4.33. The van der Waals surface area contributed by atoms with E-state index in [0.717, 1.165) is 27.6 Å². The molecular weight excluding hydrogens is 488 g/mol. The molecule has 1 atom stereocenters. The molecule has 0 spiro atoms. The van der Waals surface area contributed by atoms with Crippen molar-refractivity contribution in [3.8, 4) is 11.5 Å². The Hall–Kier alpha value is -4.04. The average molecular weight is 517 g/mol. The normalized spacial score (nSPS) is 15.1. The van der Waals surface area contributed by atoms with E-state index in [1.54, 1.807) is 36.4 Å². The summed E-state index contributed by atoms with van der Waals surface area (Å²) in [5.41, 5.74) is 2.27. The molecule has 37 heavy (non-hydrogen) atoms. The number of aryl methyl sites for hydroxylation is 2. The largest absolute Gasteiger partial charge is 0.491 e. The van der Waals surface area contributed by atoms with Crippen LogP contribution >= 0.6 is 0 Å². The maximum Gasteiger partial charge on any atom is 0.264 e. The van der Waals surface area contributed by atoms with Gasteiger partial charge in [-0.25, -0.2) is 8.42 Å². The molecule has 1 heterocycles. The van der Waals surface area contributed by atoms with E-state index in [2.05, 4.69) is 5.32 Å². The van der Waals surface area contributed by atoms with Gasteiger partial charge in [-0.15, -0.1) is 0 Å². The molecule has 1 amide bonds. The summed E-state index contributed by atoms with van der Waals surface area (Å²) >= 11 is 0. The molecule has 0 bridgehead atoms. The topological polar surface area (TPSA) is 84.9 Å². The molecule has 7 nitrogen and oxygen atoms in total. The Kier molecular flexibility index (Phi) is 6.76. The number of anilines is 1. The van der Waals surface area contributed by atoms with E-state index in [-0.39, 0.29) is 24.6 Å². The lowest BCUT2D eigenvalue weighted by molar-refractivity contribution is -0.127. The first-order chi connectivity index (χ1) is 17.8. The maximum absolute atomic E-state index is 13.6. The van der Waals surface area contributed by atoms with Crippen LogP contribution in [0.15, 0.2) is 89.8 Å². The molecule has 1 N–H and O–H groups in total. The lowest BCUT2D eigenvalue weighted by atomic mass is 10.1. The molecule has 1 unspecified atom stereocenters. The smallest absolute Gasteiger partial charge is 0.264 e. The van der Waals surface area contributed by atoms with Gasteiger partial charge in [0.05, 0.1) is 23.7 Å². The van der Waals surface area contributed by atoms with E-state index in [0.29, 0.717) is 11.4 Å². The third-order valence-electron chi connectivity index (χ3n) is 6.29. The van der Waals surface area contributed by atoms with Crippen LogP contribution in [0, 0.1) is 13.8 Å². The van der Waals surface area contributed by atoms with E-state index >= 15 is 0 Å². The summed E-state index contributed by atoms with van der Waals surface area (Å²) < 4.78 is 40.3. The number of amides is 1. The van der Waals surface area contributed by atoms with Crippen molar-refractivity contribution < 1.29 is 22.7 Å². The van der Waals surface area contributed by atoms with E-state index in [4.69, 9.17) is 9.47 Å². The summed E-state index contributed by atoms with van der Waals surface area (Å²) in [6, 6.07) is 25.7. The second kappa shape index (κ2) is 10.1. The van der Waals surface area contributed by atoms with Gasteiger partial charge in [0.2, 0.25) is 0 Å². The molecule has 190 valence electrons. The molecule has 0 saturated heterocycles. The van der Waals surface area contributed by atoms with Gasteiger partial charge in [-0.1, -0.05) is 60.2 Å². The van der Waals surface area contributed by atoms with Crippen LogP contribution in [0.25, 0.3) is 10.8 Å². The fraction of sp³-hybridized carbons (Fsp3) is 0.207. The van der Waals surface area contributed by atoms with Crippen molar-refractivity contribution in [1.82, 2.24) is 5.32 Å².